The number of nitrogens with two attached hydrogens (primary N) is 1. The molecule has 0 bridgehead atoms. The normalized spacial score (nSPS) is 21.3. The van der Waals surface area contributed by atoms with Gasteiger partial charge in [-0.3, -0.25) is 4.90 Å². The first-order valence-electron chi connectivity index (χ1n) is 5.71. The van der Waals surface area contributed by atoms with Crippen LogP contribution in [0.4, 0.5) is 0 Å². The molecule has 1 aliphatic rings. The fourth-order valence-electron chi connectivity index (χ4n) is 2.31. The highest BCUT2D eigenvalue weighted by Crippen LogP contribution is 2.32. The van der Waals surface area contributed by atoms with Crippen LogP contribution in [0.2, 0.25) is 0 Å². The Hall–Kier alpha value is -0.800. The number of hydrogen-bond donors (Lipinski definition) is 1. The van der Waals surface area contributed by atoms with Gasteiger partial charge in [-0.2, -0.15) is 0 Å². The molecular weight excluding hydrogens is 188 g/mol. The van der Waals surface area contributed by atoms with E-state index in [2.05, 4.69) is 11.9 Å². The summed E-state index contributed by atoms with van der Waals surface area (Å²) in [5.41, 5.74) is 6.04. The zero-order chi connectivity index (χ0) is 10.8. The van der Waals surface area contributed by atoms with E-state index in [1.807, 2.05) is 19.1 Å². The number of nitrogens with zero attached hydrogens (tertiary/aromatic N) is 1. The maximum absolute atomic E-state index is 6.04. The Balaban J connectivity index is 2.12. The minimum atomic E-state index is 0.0988. The van der Waals surface area contributed by atoms with Gasteiger partial charge in [-0.15, -0.1) is 0 Å². The number of likely N-dealkylation sites (N-methyl/N-ethyl adjacent to an activating group) is 1. The van der Waals surface area contributed by atoms with Crippen molar-refractivity contribution in [2.24, 2.45) is 5.73 Å². The van der Waals surface area contributed by atoms with E-state index in [0.717, 1.165) is 5.76 Å². The summed E-state index contributed by atoms with van der Waals surface area (Å²) in [6.07, 6.45) is 5.65. The van der Waals surface area contributed by atoms with Crippen LogP contribution < -0.4 is 5.73 Å². The Kier molecular flexibility index (Phi) is 3.12. The molecule has 3 nitrogen and oxygen atoms in total. The molecule has 2 rings (SSSR count). The molecule has 1 saturated carbocycles. The molecule has 0 spiro atoms. The quantitative estimate of drug-likeness (QED) is 0.824. The van der Waals surface area contributed by atoms with Crippen LogP contribution in [0.1, 0.15) is 38.0 Å². The van der Waals surface area contributed by atoms with Gasteiger partial charge < -0.3 is 10.2 Å². The van der Waals surface area contributed by atoms with Gasteiger partial charge in [0.15, 0.2) is 0 Å². The van der Waals surface area contributed by atoms with E-state index < -0.39 is 0 Å². The van der Waals surface area contributed by atoms with Crippen molar-refractivity contribution in [1.29, 1.82) is 0 Å². The molecule has 0 aliphatic heterocycles. The Morgan fingerprint density at radius 1 is 1.53 bits per heavy atom. The summed E-state index contributed by atoms with van der Waals surface area (Å²) in [7, 11) is 2.15. The molecule has 0 saturated heterocycles. The van der Waals surface area contributed by atoms with Crippen LogP contribution in [-0.4, -0.2) is 24.0 Å². The molecule has 1 fully saturated rings. The van der Waals surface area contributed by atoms with Gasteiger partial charge in [-0.25, -0.2) is 0 Å². The summed E-state index contributed by atoms with van der Waals surface area (Å²) in [6.45, 7) is 2.04. The predicted molar refractivity (Wildman–Crippen MR) is 60.5 cm³/mol. The molecule has 0 radical (unpaired) electrons. The molecule has 84 valence electrons. The van der Waals surface area contributed by atoms with Gasteiger partial charge in [-0.1, -0.05) is 6.42 Å². The fourth-order valence-corrected chi connectivity index (χ4v) is 2.31. The van der Waals surface area contributed by atoms with Crippen LogP contribution in [-0.2, 0) is 0 Å². The largest absolute Gasteiger partial charge is 0.468 e. The van der Waals surface area contributed by atoms with Crippen LogP contribution in [0, 0.1) is 0 Å². The second-order valence-electron chi connectivity index (χ2n) is 4.57. The van der Waals surface area contributed by atoms with E-state index in [1.54, 1.807) is 6.26 Å². The molecule has 2 unspecified atom stereocenters. The lowest BCUT2D eigenvalue weighted by molar-refractivity contribution is 0.0856. The van der Waals surface area contributed by atoms with E-state index in [9.17, 15) is 0 Å². The zero-order valence-electron chi connectivity index (χ0n) is 9.52. The Labute approximate surface area is 91.2 Å². The Morgan fingerprint density at radius 3 is 2.67 bits per heavy atom. The molecule has 3 heteroatoms. The lowest BCUT2D eigenvalue weighted by Gasteiger charge is -2.40. The molecule has 1 heterocycles. The van der Waals surface area contributed by atoms with Gasteiger partial charge in [0.05, 0.1) is 12.3 Å². The third kappa shape index (κ3) is 2.08. The van der Waals surface area contributed by atoms with E-state index in [1.165, 1.54) is 19.3 Å². The van der Waals surface area contributed by atoms with Crippen LogP contribution in [0.25, 0.3) is 0 Å². The first-order valence-corrected chi connectivity index (χ1v) is 5.71. The third-order valence-electron chi connectivity index (χ3n) is 3.42. The van der Waals surface area contributed by atoms with Gasteiger partial charge in [0.25, 0.3) is 0 Å². The molecule has 2 N–H and O–H groups in total. The van der Waals surface area contributed by atoms with Crippen molar-refractivity contribution < 1.29 is 4.42 Å². The lowest BCUT2D eigenvalue weighted by Crippen LogP contribution is -2.45. The van der Waals surface area contributed by atoms with Gasteiger partial charge >= 0.3 is 0 Å². The zero-order valence-corrected chi connectivity index (χ0v) is 9.52. The maximum Gasteiger partial charge on any atom is 0.122 e. The fraction of sp³-hybridized carbons (Fsp3) is 0.667. The minimum Gasteiger partial charge on any atom is -0.468 e. The van der Waals surface area contributed by atoms with Gasteiger partial charge in [0, 0.05) is 12.1 Å². The average Bonchev–Trinajstić information content (AvgIpc) is 2.52. The van der Waals surface area contributed by atoms with Crippen molar-refractivity contribution >= 4 is 0 Å². The Morgan fingerprint density at radius 2 is 2.27 bits per heavy atom. The summed E-state index contributed by atoms with van der Waals surface area (Å²) in [5, 5.41) is 0. The van der Waals surface area contributed by atoms with Crippen LogP contribution in [0.15, 0.2) is 22.8 Å². The number of rotatable bonds is 4. The van der Waals surface area contributed by atoms with Crippen LogP contribution in [0.5, 0.6) is 0 Å². The number of furan rings is 1. The van der Waals surface area contributed by atoms with Crippen molar-refractivity contribution in [2.75, 3.05) is 7.05 Å². The second-order valence-corrected chi connectivity index (χ2v) is 4.57. The first kappa shape index (κ1) is 10.7. The molecule has 1 aliphatic carbocycles. The van der Waals surface area contributed by atoms with Gasteiger partial charge in [0.2, 0.25) is 0 Å². The molecule has 15 heavy (non-hydrogen) atoms. The summed E-state index contributed by atoms with van der Waals surface area (Å²) in [6, 6.07) is 4.95. The minimum absolute atomic E-state index is 0.0988. The van der Waals surface area contributed by atoms with Crippen molar-refractivity contribution in [2.45, 2.75) is 44.3 Å². The standard InChI is InChI=1S/C12H20N2O/c1-9(13)12(11-7-4-8-15-11)14(2)10-5-3-6-10/h4,7-10,12H,3,5-6,13H2,1-2H3. The van der Waals surface area contributed by atoms with E-state index in [4.69, 9.17) is 10.2 Å². The van der Waals surface area contributed by atoms with Gasteiger partial charge in [-0.05, 0) is 38.9 Å². The third-order valence-corrected chi connectivity index (χ3v) is 3.42. The van der Waals surface area contributed by atoms with Crippen LogP contribution >= 0.6 is 0 Å². The average molecular weight is 208 g/mol. The highest BCUT2D eigenvalue weighted by molar-refractivity contribution is 5.08. The second kappa shape index (κ2) is 4.37. The predicted octanol–water partition coefficient (Wildman–Crippen LogP) is 2.15. The van der Waals surface area contributed by atoms with E-state index in [-0.39, 0.29) is 12.1 Å². The summed E-state index contributed by atoms with van der Waals surface area (Å²) < 4.78 is 5.48. The highest BCUT2D eigenvalue weighted by atomic mass is 16.3. The molecule has 2 atom stereocenters. The molecule has 0 aromatic carbocycles. The summed E-state index contributed by atoms with van der Waals surface area (Å²) in [5.74, 6) is 0.986. The van der Waals surface area contributed by atoms with Crippen molar-refractivity contribution in [3.05, 3.63) is 24.2 Å². The molecular formula is C12H20N2O. The first-order chi connectivity index (χ1) is 7.20. The highest BCUT2D eigenvalue weighted by Gasteiger charge is 2.31. The molecule has 1 aromatic rings. The lowest BCUT2D eigenvalue weighted by atomic mass is 9.89. The van der Waals surface area contributed by atoms with Gasteiger partial charge in [0.1, 0.15) is 5.76 Å². The summed E-state index contributed by atoms with van der Waals surface area (Å²) >= 11 is 0. The van der Waals surface area contributed by atoms with Crippen molar-refractivity contribution in [3.63, 3.8) is 0 Å². The van der Waals surface area contributed by atoms with Crippen molar-refractivity contribution in [3.8, 4) is 0 Å². The van der Waals surface area contributed by atoms with E-state index in [0.29, 0.717) is 6.04 Å². The van der Waals surface area contributed by atoms with E-state index >= 15 is 0 Å². The van der Waals surface area contributed by atoms with Crippen LogP contribution in [0.3, 0.4) is 0 Å². The molecule has 0 amide bonds. The SMILES string of the molecule is CC(N)C(c1ccco1)N(C)C1CCC1. The number of hydrogen-bond acceptors (Lipinski definition) is 3. The molecule has 1 aromatic heterocycles. The smallest absolute Gasteiger partial charge is 0.122 e. The van der Waals surface area contributed by atoms with Crippen molar-refractivity contribution in [1.82, 2.24) is 4.90 Å². The topological polar surface area (TPSA) is 42.4 Å². The summed E-state index contributed by atoms with van der Waals surface area (Å²) in [4.78, 5) is 2.37. The maximum atomic E-state index is 6.04. The monoisotopic (exact) mass is 208 g/mol. The Bertz CT molecular complexity index is 291.